The molecule has 0 aliphatic heterocycles. The van der Waals surface area contributed by atoms with Crippen LogP contribution in [0, 0.1) is 0 Å². The fourth-order valence-corrected chi connectivity index (χ4v) is 3.42. The SMILES string of the molecule is CN=C(NCc1ccnc(-n2ccnc2)c1)NCC(C)(C)c1cccs1. The largest absolute Gasteiger partial charge is 0.356 e. The van der Waals surface area contributed by atoms with Crippen LogP contribution in [-0.2, 0) is 12.0 Å². The van der Waals surface area contributed by atoms with Gasteiger partial charge in [0.15, 0.2) is 5.96 Å². The van der Waals surface area contributed by atoms with E-state index in [2.05, 4.69) is 57.0 Å². The van der Waals surface area contributed by atoms with E-state index in [1.54, 1.807) is 30.9 Å². The summed E-state index contributed by atoms with van der Waals surface area (Å²) < 4.78 is 1.89. The number of hydrogen-bond acceptors (Lipinski definition) is 4. The molecule has 3 aromatic rings. The van der Waals surface area contributed by atoms with Crippen LogP contribution >= 0.6 is 11.3 Å². The normalized spacial score (nSPS) is 12.2. The number of nitrogens with zero attached hydrogens (tertiary/aromatic N) is 4. The van der Waals surface area contributed by atoms with Crippen LogP contribution in [0.2, 0.25) is 0 Å². The molecule has 6 nitrogen and oxygen atoms in total. The Bertz CT molecular complexity index is 837. The molecule has 3 aromatic heterocycles. The molecule has 0 fully saturated rings. The summed E-state index contributed by atoms with van der Waals surface area (Å²) in [5, 5.41) is 8.91. The van der Waals surface area contributed by atoms with E-state index >= 15 is 0 Å². The van der Waals surface area contributed by atoms with E-state index in [-0.39, 0.29) is 5.41 Å². The number of guanidine groups is 1. The standard InChI is InChI=1S/C19H24N6S/c1-19(2,16-5-4-10-26-16)13-24-18(20-3)23-12-15-6-7-22-17(11-15)25-9-8-21-14-25/h4-11,14H,12-13H2,1-3H3,(H2,20,23,24). The first-order valence-corrected chi connectivity index (χ1v) is 9.38. The van der Waals surface area contributed by atoms with Gasteiger partial charge in [-0.15, -0.1) is 11.3 Å². The number of aliphatic imine (C=N–C) groups is 1. The van der Waals surface area contributed by atoms with Crippen LogP contribution in [0.3, 0.4) is 0 Å². The molecule has 0 aliphatic rings. The number of aromatic nitrogens is 3. The maximum atomic E-state index is 4.38. The van der Waals surface area contributed by atoms with Gasteiger partial charge in [0.05, 0.1) is 0 Å². The minimum atomic E-state index is 0.0526. The highest BCUT2D eigenvalue weighted by atomic mass is 32.1. The molecule has 3 rings (SSSR count). The lowest BCUT2D eigenvalue weighted by atomic mass is 9.91. The Labute approximate surface area is 158 Å². The summed E-state index contributed by atoms with van der Waals surface area (Å²) in [6.45, 7) is 5.95. The van der Waals surface area contributed by atoms with E-state index in [0.29, 0.717) is 6.54 Å². The highest BCUT2D eigenvalue weighted by molar-refractivity contribution is 7.10. The molecule has 0 saturated heterocycles. The quantitative estimate of drug-likeness (QED) is 0.518. The lowest BCUT2D eigenvalue weighted by molar-refractivity contribution is 0.518. The van der Waals surface area contributed by atoms with Crippen molar-refractivity contribution in [2.45, 2.75) is 25.8 Å². The van der Waals surface area contributed by atoms with Gasteiger partial charge in [-0.2, -0.15) is 0 Å². The Morgan fingerprint density at radius 1 is 1.27 bits per heavy atom. The van der Waals surface area contributed by atoms with E-state index in [1.807, 2.05) is 29.1 Å². The van der Waals surface area contributed by atoms with Gasteiger partial charge in [-0.1, -0.05) is 19.9 Å². The molecule has 2 N–H and O–H groups in total. The van der Waals surface area contributed by atoms with Crippen molar-refractivity contribution in [3.8, 4) is 5.82 Å². The summed E-state index contributed by atoms with van der Waals surface area (Å²) >= 11 is 1.78. The van der Waals surface area contributed by atoms with Gasteiger partial charge >= 0.3 is 0 Å². The van der Waals surface area contributed by atoms with Gasteiger partial charge in [0.1, 0.15) is 12.1 Å². The lowest BCUT2D eigenvalue weighted by Gasteiger charge is -2.25. The van der Waals surface area contributed by atoms with E-state index in [0.717, 1.165) is 23.9 Å². The van der Waals surface area contributed by atoms with Crippen molar-refractivity contribution in [3.05, 3.63) is 65.0 Å². The van der Waals surface area contributed by atoms with Crippen molar-refractivity contribution in [2.75, 3.05) is 13.6 Å². The molecule has 3 heterocycles. The summed E-state index contributed by atoms with van der Waals surface area (Å²) in [4.78, 5) is 14.1. The summed E-state index contributed by atoms with van der Waals surface area (Å²) in [6, 6.07) is 8.31. The summed E-state index contributed by atoms with van der Waals surface area (Å²) in [5.41, 5.74) is 1.18. The van der Waals surface area contributed by atoms with Gasteiger partial charge in [0.25, 0.3) is 0 Å². The van der Waals surface area contributed by atoms with Crippen molar-refractivity contribution >= 4 is 17.3 Å². The Morgan fingerprint density at radius 3 is 2.85 bits per heavy atom. The van der Waals surface area contributed by atoms with Gasteiger partial charge in [-0.25, -0.2) is 9.97 Å². The molecule has 0 saturated carbocycles. The zero-order chi connectivity index (χ0) is 18.4. The maximum Gasteiger partial charge on any atom is 0.191 e. The number of rotatable bonds is 6. The topological polar surface area (TPSA) is 67.1 Å². The molecular formula is C19H24N6S. The summed E-state index contributed by atoms with van der Waals surface area (Å²) in [5.74, 6) is 1.64. The molecule has 0 spiro atoms. The number of imidazole rings is 1. The monoisotopic (exact) mass is 368 g/mol. The zero-order valence-corrected chi connectivity index (χ0v) is 16.1. The van der Waals surface area contributed by atoms with Crippen LogP contribution in [0.25, 0.3) is 5.82 Å². The van der Waals surface area contributed by atoms with Crippen LogP contribution in [0.5, 0.6) is 0 Å². The second-order valence-corrected chi connectivity index (χ2v) is 7.58. The Morgan fingerprint density at radius 2 is 2.15 bits per heavy atom. The van der Waals surface area contributed by atoms with E-state index in [9.17, 15) is 0 Å². The second kappa shape index (κ2) is 8.14. The molecule has 0 amide bonds. The first-order valence-electron chi connectivity index (χ1n) is 8.50. The third-order valence-electron chi connectivity index (χ3n) is 4.15. The zero-order valence-electron chi connectivity index (χ0n) is 15.3. The average molecular weight is 369 g/mol. The highest BCUT2D eigenvalue weighted by Gasteiger charge is 2.21. The first-order chi connectivity index (χ1) is 12.6. The van der Waals surface area contributed by atoms with Gasteiger partial charge in [-0.05, 0) is 29.1 Å². The number of thiophene rings is 1. The molecule has 0 radical (unpaired) electrons. The van der Waals surface area contributed by atoms with Gasteiger partial charge < -0.3 is 10.6 Å². The smallest absolute Gasteiger partial charge is 0.191 e. The molecule has 0 bridgehead atoms. The van der Waals surface area contributed by atoms with Crippen molar-refractivity contribution < 1.29 is 0 Å². The summed E-state index contributed by atoms with van der Waals surface area (Å²) in [7, 11) is 1.79. The molecule has 26 heavy (non-hydrogen) atoms. The lowest BCUT2D eigenvalue weighted by Crippen LogP contribution is -2.42. The van der Waals surface area contributed by atoms with Crippen molar-refractivity contribution in [2.24, 2.45) is 4.99 Å². The second-order valence-electron chi connectivity index (χ2n) is 6.63. The molecule has 0 aromatic carbocycles. The minimum absolute atomic E-state index is 0.0526. The van der Waals surface area contributed by atoms with Crippen LogP contribution in [0.1, 0.15) is 24.3 Å². The predicted octanol–water partition coefficient (Wildman–Crippen LogP) is 2.97. The highest BCUT2D eigenvalue weighted by Crippen LogP contribution is 2.26. The molecule has 7 heteroatoms. The number of pyridine rings is 1. The number of hydrogen-bond donors (Lipinski definition) is 2. The Kier molecular flexibility index (Phi) is 5.68. The maximum absolute atomic E-state index is 4.38. The molecule has 136 valence electrons. The van der Waals surface area contributed by atoms with Crippen LogP contribution in [0.15, 0.2) is 59.6 Å². The van der Waals surface area contributed by atoms with Crippen LogP contribution in [-0.4, -0.2) is 34.1 Å². The number of nitrogens with one attached hydrogen (secondary N) is 2. The van der Waals surface area contributed by atoms with E-state index in [4.69, 9.17) is 0 Å². The van der Waals surface area contributed by atoms with Crippen molar-refractivity contribution in [3.63, 3.8) is 0 Å². The predicted molar refractivity (Wildman–Crippen MR) is 107 cm³/mol. The fourth-order valence-electron chi connectivity index (χ4n) is 2.57. The minimum Gasteiger partial charge on any atom is -0.356 e. The first kappa shape index (κ1) is 18.1. The average Bonchev–Trinajstić information content (AvgIpc) is 3.36. The van der Waals surface area contributed by atoms with E-state index in [1.165, 1.54) is 4.88 Å². The van der Waals surface area contributed by atoms with E-state index < -0.39 is 0 Å². The fraction of sp³-hybridized carbons (Fsp3) is 0.316. The van der Waals surface area contributed by atoms with Gasteiger partial charge in [0.2, 0.25) is 0 Å². The summed E-state index contributed by atoms with van der Waals surface area (Å²) in [6.07, 6.45) is 7.18. The van der Waals surface area contributed by atoms with Crippen molar-refractivity contribution in [1.29, 1.82) is 0 Å². The third kappa shape index (κ3) is 4.49. The van der Waals surface area contributed by atoms with Crippen LogP contribution in [0.4, 0.5) is 0 Å². The Hall–Kier alpha value is -2.67. The van der Waals surface area contributed by atoms with Crippen LogP contribution < -0.4 is 10.6 Å². The molecule has 0 unspecified atom stereocenters. The molecule has 0 atom stereocenters. The molecular weight excluding hydrogens is 344 g/mol. The van der Waals surface area contributed by atoms with Gasteiger partial charge in [0, 0.05) is 49.0 Å². The Balaban J connectivity index is 1.57. The molecule has 0 aliphatic carbocycles. The third-order valence-corrected chi connectivity index (χ3v) is 5.38. The van der Waals surface area contributed by atoms with Gasteiger partial charge in [-0.3, -0.25) is 9.56 Å². The van der Waals surface area contributed by atoms with Crippen molar-refractivity contribution in [1.82, 2.24) is 25.2 Å².